The molecule has 1 saturated carbocycles. The molecule has 0 radical (unpaired) electrons. The molecular weight excluding hydrogens is 230 g/mol. The van der Waals surface area contributed by atoms with Gasteiger partial charge in [-0.1, -0.05) is 25.3 Å². The van der Waals surface area contributed by atoms with Crippen LogP contribution in [0.5, 0.6) is 0 Å². The lowest BCUT2D eigenvalue weighted by Crippen LogP contribution is -2.42. The van der Waals surface area contributed by atoms with E-state index in [9.17, 15) is 9.59 Å². The van der Waals surface area contributed by atoms with E-state index in [1.807, 2.05) is 13.8 Å². The first-order chi connectivity index (χ1) is 8.41. The Morgan fingerprint density at radius 3 is 2.33 bits per heavy atom. The van der Waals surface area contributed by atoms with E-state index in [0.29, 0.717) is 6.54 Å². The van der Waals surface area contributed by atoms with Gasteiger partial charge in [0.05, 0.1) is 5.92 Å². The predicted molar refractivity (Wildman–Crippen MR) is 70.2 cm³/mol. The normalized spacial score (nSPS) is 17.3. The quantitative estimate of drug-likeness (QED) is 0.766. The van der Waals surface area contributed by atoms with Gasteiger partial charge in [-0.25, -0.2) is 0 Å². The maximum atomic E-state index is 12.2. The van der Waals surface area contributed by atoms with Gasteiger partial charge >= 0.3 is 5.97 Å². The lowest BCUT2D eigenvalue weighted by molar-refractivity contribution is -0.143. The maximum Gasteiger partial charge on any atom is 0.308 e. The van der Waals surface area contributed by atoms with Gasteiger partial charge in [0.2, 0.25) is 5.91 Å². The van der Waals surface area contributed by atoms with Gasteiger partial charge in [0.25, 0.3) is 0 Å². The number of allylic oxidation sites excluding steroid dienone is 1. The molecule has 1 aliphatic carbocycles. The van der Waals surface area contributed by atoms with Crippen molar-refractivity contribution in [2.75, 3.05) is 6.54 Å². The first kappa shape index (κ1) is 14.7. The van der Waals surface area contributed by atoms with Crippen molar-refractivity contribution in [2.45, 2.75) is 52.5 Å². The number of aliphatic carboxylic acids is 1. The van der Waals surface area contributed by atoms with Crippen LogP contribution in [-0.2, 0) is 9.59 Å². The number of hydrogen-bond acceptors (Lipinski definition) is 2. The molecule has 4 nitrogen and oxygen atoms in total. The minimum absolute atomic E-state index is 0.0463. The van der Waals surface area contributed by atoms with Crippen molar-refractivity contribution in [1.82, 2.24) is 4.90 Å². The van der Waals surface area contributed by atoms with Crippen LogP contribution in [-0.4, -0.2) is 34.5 Å². The van der Waals surface area contributed by atoms with E-state index in [1.165, 1.54) is 0 Å². The summed E-state index contributed by atoms with van der Waals surface area (Å²) in [5, 5.41) is 8.98. The van der Waals surface area contributed by atoms with E-state index in [0.717, 1.165) is 31.3 Å². The van der Waals surface area contributed by atoms with Crippen LogP contribution in [0.15, 0.2) is 11.6 Å². The largest absolute Gasteiger partial charge is 0.481 e. The molecule has 0 saturated heterocycles. The zero-order valence-corrected chi connectivity index (χ0v) is 11.5. The molecule has 102 valence electrons. The molecule has 0 aromatic carbocycles. The third-order valence-electron chi connectivity index (χ3n) is 3.35. The first-order valence-corrected chi connectivity index (χ1v) is 6.60. The number of carbonyl (C=O) groups is 2. The van der Waals surface area contributed by atoms with Gasteiger partial charge in [-0.15, -0.1) is 0 Å². The van der Waals surface area contributed by atoms with Crippen molar-refractivity contribution in [2.24, 2.45) is 5.92 Å². The van der Waals surface area contributed by atoms with Gasteiger partial charge in [-0.05, 0) is 26.7 Å². The third kappa shape index (κ3) is 4.17. The SMILES string of the molecule is CC(C)=CC(=O)N(CC(C)C(=O)O)C1CCCC1. The van der Waals surface area contributed by atoms with Crippen LogP contribution in [0.3, 0.4) is 0 Å². The highest BCUT2D eigenvalue weighted by atomic mass is 16.4. The molecule has 1 amide bonds. The second-order valence-corrected chi connectivity index (χ2v) is 5.39. The van der Waals surface area contributed by atoms with E-state index in [2.05, 4.69) is 0 Å². The molecule has 0 bridgehead atoms. The highest BCUT2D eigenvalue weighted by Crippen LogP contribution is 2.24. The lowest BCUT2D eigenvalue weighted by Gasteiger charge is -2.29. The summed E-state index contributed by atoms with van der Waals surface area (Å²) in [6.45, 7) is 5.72. The predicted octanol–water partition coefficient (Wildman–Crippen LogP) is 2.44. The van der Waals surface area contributed by atoms with Crippen LogP contribution < -0.4 is 0 Å². The molecule has 0 spiro atoms. The Hall–Kier alpha value is -1.32. The number of carboxylic acid groups (broad SMARTS) is 1. The molecule has 1 N–H and O–H groups in total. The molecule has 0 aliphatic heterocycles. The summed E-state index contributed by atoms with van der Waals surface area (Å²) in [6, 6.07) is 0.217. The minimum atomic E-state index is -0.844. The Morgan fingerprint density at radius 1 is 1.33 bits per heavy atom. The van der Waals surface area contributed by atoms with Gasteiger partial charge < -0.3 is 10.0 Å². The van der Waals surface area contributed by atoms with Gasteiger partial charge in [-0.3, -0.25) is 9.59 Å². The van der Waals surface area contributed by atoms with Crippen LogP contribution in [0.1, 0.15) is 46.5 Å². The lowest BCUT2D eigenvalue weighted by atomic mass is 10.1. The topological polar surface area (TPSA) is 57.6 Å². The number of rotatable bonds is 5. The number of nitrogens with zero attached hydrogens (tertiary/aromatic N) is 1. The molecule has 1 aliphatic rings. The Balaban J connectivity index is 2.77. The fraction of sp³-hybridized carbons (Fsp3) is 0.714. The summed E-state index contributed by atoms with van der Waals surface area (Å²) in [5.41, 5.74) is 0.950. The Kier molecular flexibility index (Phi) is 5.38. The molecule has 1 rings (SSSR count). The van der Waals surface area contributed by atoms with Crippen LogP contribution >= 0.6 is 0 Å². The highest BCUT2D eigenvalue weighted by Gasteiger charge is 2.28. The van der Waals surface area contributed by atoms with Crippen molar-refractivity contribution < 1.29 is 14.7 Å². The second-order valence-electron chi connectivity index (χ2n) is 5.39. The summed E-state index contributed by atoms with van der Waals surface area (Å²) in [5.74, 6) is -1.40. The van der Waals surface area contributed by atoms with Crippen LogP contribution in [0.2, 0.25) is 0 Å². The number of hydrogen-bond donors (Lipinski definition) is 1. The van der Waals surface area contributed by atoms with Crippen LogP contribution in [0.4, 0.5) is 0 Å². The van der Waals surface area contributed by atoms with Crippen molar-refractivity contribution in [3.63, 3.8) is 0 Å². The van der Waals surface area contributed by atoms with Crippen molar-refractivity contribution in [1.29, 1.82) is 0 Å². The summed E-state index contributed by atoms with van der Waals surface area (Å²) in [6.07, 6.45) is 5.85. The van der Waals surface area contributed by atoms with Crippen LogP contribution in [0, 0.1) is 5.92 Å². The van der Waals surface area contributed by atoms with E-state index in [1.54, 1.807) is 17.9 Å². The fourth-order valence-electron chi connectivity index (χ4n) is 2.34. The van der Waals surface area contributed by atoms with Gasteiger partial charge in [0.15, 0.2) is 0 Å². The maximum absolute atomic E-state index is 12.2. The van der Waals surface area contributed by atoms with Gasteiger partial charge in [-0.2, -0.15) is 0 Å². The summed E-state index contributed by atoms with van der Waals surface area (Å²) < 4.78 is 0. The van der Waals surface area contributed by atoms with Crippen LogP contribution in [0.25, 0.3) is 0 Å². The Bertz CT molecular complexity index is 339. The molecule has 18 heavy (non-hydrogen) atoms. The second kappa shape index (κ2) is 6.57. The summed E-state index contributed by atoms with van der Waals surface area (Å²) >= 11 is 0. The van der Waals surface area contributed by atoms with Gasteiger partial charge in [0.1, 0.15) is 0 Å². The van der Waals surface area contributed by atoms with Crippen molar-refractivity contribution in [3.05, 3.63) is 11.6 Å². The smallest absolute Gasteiger partial charge is 0.308 e. The van der Waals surface area contributed by atoms with E-state index < -0.39 is 11.9 Å². The summed E-state index contributed by atoms with van der Waals surface area (Å²) in [4.78, 5) is 24.8. The van der Waals surface area contributed by atoms with E-state index in [4.69, 9.17) is 5.11 Å². The molecule has 0 heterocycles. The fourth-order valence-corrected chi connectivity index (χ4v) is 2.34. The highest BCUT2D eigenvalue weighted by molar-refractivity contribution is 5.88. The molecule has 1 fully saturated rings. The van der Waals surface area contributed by atoms with E-state index >= 15 is 0 Å². The number of carbonyl (C=O) groups excluding carboxylic acids is 1. The summed E-state index contributed by atoms with van der Waals surface area (Å²) in [7, 11) is 0. The average Bonchev–Trinajstić information content (AvgIpc) is 2.77. The standard InChI is InChI=1S/C14H23NO3/c1-10(2)8-13(16)15(9-11(3)14(17)18)12-6-4-5-7-12/h8,11-12H,4-7,9H2,1-3H3,(H,17,18). The zero-order valence-electron chi connectivity index (χ0n) is 11.5. The van der Waals surface area contributed by atoms with Crippen molar-refractivity contribution >= 4 is 11.9 Å². The first-order valence-electron chi connectivity index (χ1n) is 6.60. The minimum Gasteiger partial charge on any atom is -0.481 e. The monoisotopic (exact) mass is 253 g/mol. The molecule has 0 aromatic rings. The average molecular weight is 253 g/mol. The van der Waals surface area contributed by atoms with E-state index in [-0.39, 0.29) is 11.9 Å². The molecule has 0 aromatic heterocycles. The Labute approximate surface area is 109 Å². The van der Waals surface area contributed by atoms with Crippen molar-refractivity contribution in [3.8, 4) is 0 Å². The Morgan fingerprint density at radius 2 is 1.89 bits per heavy atom. The number of carboxylic acids is 1. The third-order valence-corrected chi connectivity index (χ3v) is 3.35. The molecular formula is C14H23NO3. The zero-order chi connectivity index (χ0) is 13.7. The van der Waals surface area contributed by atoms with Gasteiger partial charge in [0, 0.05) is 18.7 Å². The molecule has 1 atom stereocenters. The number of amides is 1. The molecule has 1 unspecified atom stereocenters. The molecule has 4 heteroatoms.